The van der Waals surface area contributed by atoms with Crippen molar-refractivity contribution in [3.63, 3.8) is 0 Å². The summed E-state index contributed by atoms with van der Waals surface area (Å²) in [5.74, 6) is 0. The van der Waals surface area contributed by atoms with Gasteiger partial charge in [-0.05, 0) is 19.4 Å². The van der Waals surface area contributed by atoms with Crippen LogP contribution < -0.4 is 0 Å². The number of nitrogens with zero attached hydrogens (tertiary/aromatic N) is 4. The number of imidazole rings is 1. The van der Waals surface area contributed by atoms with Gasteiger partial charge < -0.3 is 4.57 Å². The highest BCUT2D eigenvalue weighted by Gasteiger charge is 2.09. The van der Waals surface area contributed by atoms with Crippen molar-refractivity contribution in [3.05, 3.63) is 24.9 Å². The van der Waals surface area contributed by atoms with Crippen LogP contribution in [0.4, 0.5) is 0 Å². The number of hydrogen-bond acceptors (Lipinski definition) is 3. The lowest BCUT2D eigenvalue weighted by Gasteiger charge is -2.03. The first-order valence-corrected chi connectivity index (χ1v) is 4.55. The average molecular weight is 188 g/mol. The first kappa shape index (κ1) is 8.87. The fourth-order valence-corrected chi connectivity index (χ4v) is 1.46. The lowest BCUT2D eigenvalue weighted by atomic mass is 10.2. The van der Waals surface area contributed by atoms with Crippen LogP contribution in [0.2, 0.25) is 0 Å². The molecule has 0 aliphatic heterocycles. The molecule has 4 heteroatoms. The lowest BCUT2D eigenvalue weighted by Crippen LogP contribution is -1.97. The first-order chi connectivity index (χ1) is 6.74. The minimum Gasteiger partial charge on any atom is -0.328 e. The Hall–Kier alpha value is -1.71. The summed E-state index contributed by atoms with van der Waals surface area (Å²) < 4.78 is 2.03. The van der Waals surface area contributed by atoms with Crippen LogP contribution in [0, 0.1) is 0 Å². The van der Waals surface area contributed by atoms with Gasteiger partial charge in [-0.1, -0.05) is 6.58 Å². The van der Waals surface area contributed by atoms with Gasteiger partial charge in [-0.15, -0.1) is 0 Å². The fourth-order valence-electron chi connectivity index (χ4n) is 1.46. The van der Waals surface area contributed by atoms with E-state index < -0.39 is 0 Å². The Morgan fingerprint density at radius 2 is 2.21 bits per heavy atom. The van der Waals surface area contributed by atoms with Crippen molar-refractivity contribution >= 4 is 16.7 Å². The van der Waals surface area contributed by atoms with Crippen molar-refractivity contribution in [2.75, 3.05) is 0 Å². The molecule has 2 heterocycles. The molecule has 0 N–H and O–H groups in total. The molecule has 2 aromatic heterocycles. The number of rotatable bonds is 2. The predicted octanol–water partition coefficient (Wildman–Crippen LogP) is 1.88. The maximum atomic E-state index is 4.22. The molecule has 0 aliphatic carbocycles. The summed E-state index contributed by atoms with van der Waals surface area (Å²) in [5.41, 5.74) is 3.53. The second-order valence-corrected chi connectivity index (χ2v) is 3.21. The Balaban J connectivity index is 2.81. The van der Waals surface area contributed by atoms with Gasteiger partial charge in [0, 0.05) is 6.54 Å². The topological polar surface area (TPSA) is 43.6 Å². The highest BCUT2D eigenvalue weighted by molar-refractivity contribution is 5.83. The third-order valence-corrected chi connectivity index (χ3v) is 2.15. The zero-order valence-electron chi connectivity index (χ0n) is 8.36. The molecule has 0 amide bonds. The molecular weight excluding hydrogens is 176 g/mol. The summed E-state index contributed by atoms with van der Waals surface area (Å²) in [7, 11) is 0. The second kappa shape index (κ2) is 3.21. The molecular formula is C10H12N4. The Bertz CT molecular complexity index is 484. The minimum absolute atomic E-state index is 0.736. The van der Waals surface area contributed by atoms with Gasteiger partial charge in [-0.2, -0.15) is 0 Å². The molecule has 2 aromatic rings. The van der Waals surface area contributed by atoms with Gasteiger partial charge in [0.25, 0.3) is 0 Å². The molecule has 14 heavy (non-hydrogen) atoms. The molecule has 0 aliphatic rings. The standard InChI is InChI=1S/C10H12N4/c1-4-14-6-13-10-9(14)8(7(2)3)11-5-12-10/h5-6H,2,4H2,1,3H3. The van der Waals surface area contributed by atoms with Crippen LogP contribution in [-0.4, -0.2) is 19.5 Å². The van der Waals surface area contributed by atoms with Gasteiger partial charge in [0.2, 0.25) is 0 Å². The van der Waals surface area contributed by atoms with Crippen molar-refractivity contribution in [2.45, 2.75) is 20.4 Å². The second-order valence-electron chi connectivity index (χ2n) is 3.21. The largest absolute Gasteiger partial charge is 0.328 e. The number of aryl methyl sites for hydroxylation is 1. The predicted molar refractivity (Wildman–Crippen MR) is 55.7 cm³/mol. The van der Waals surface area contributed by atoms with Crippen LogP contribution in [0.15, 0.2) is 19.2 Å². The molecule has 0 atom stereocenters. The third kappa shape index (κ3) is 1.19. The number of hydrogen-bond donors (Lipinski definition) is 0. The van der Waals surface area contributed by atoms with Gasteiger partial charge in [0.1, 0.15) is 11.8 Å². The van der Waals surface area contributed by atoms with Crippen molar-refractivity contribution in [1.29, 1.82) is 0 Å². The van der Waals surface area contributed by atoms with Gasteiger partial charge in [0.15, 0.2) is 5.65 Å². The van der Waals surface area contributed by atoms with Gasteiger partial charge in [-0.3, -0.25) is 0 Å². The Morgan fingerprint density at radius 1 is 1.43 bits per heavy atom. The normalized spacial score (nSPS) is 10.7. The lowest BCUT2D eigenvalue weighted by molar-refractivity contribution is 0.784. The summed E-state index contributed by atoms with van der Waals surface area (Å²) in [4.78, 5) is 12.5. The van der Waals surface area contributed by atoms with E-state index >= 15 is 0 Å². The molecule has 72 valence electrons. The Morgan fingerprint density at radius 3 is 2.86 bits per heavy atom. The minimum atomic E-state index is 0.736. The van der Waals surface area contributed by atoms with E-state index in [-0.39, 0.29) is 0 Å². The monoisotopic (exact) mass is 188 g/mol. The smallest absolute Gasteiger partial charge is 0.181 e. The van der Waals surface area contributed by atoms with E-state index in [1.807, 2.05) is 11.5 Å². The van der Waals surface area contributed by atoms with Crippen LogP contribution in [-0.2, 0) is 6.54 Å². The van der Waals surface area contributed by atoms with Crippen molar-refractivity contribution in [1.82, 2.24) is 19.5 Å². The van der Waals surface area contributed by atoms with Gasteiger partial charge >= 0.3 is 0 Å². The van der Waals surface area contributed by atoms with Crippen LogP contribution in [0.25, 0.3) is 16.7 Å². The highest BCUT2D eigenvalue weighted by Crippen LogP contribution is 2.18. The van der Waals surface area contributed by atoms with E-state index in [0.29, 0.717) is 0 Å². The molecule has 0 spiro atoms. The van der Waals surface area contributed by atoms with E-state index in [2.05, 4.69) is 28.5 Å². The molecule has 0 unspecified atom stereocenters. The van der Waals surface area contributed by atoms with Crippen LogP contribution in [0.5, 0.6) is 0 Å². The van der Waals surface area contributed by atoms with Crippen molar-refractivity contribution in [3.8, 4) is 0 Å². The van der Waals surface area contributed by atoms with E-state index in [0.717, 1.165) is 29.0 Å². The molecule has 2 rings (SSSR count). The maximum Gasteiger partial charge on any atom is 0.181 e. The Kier molecular flexibility index (Phi) is 2.04. The summed E-state index contributed by atoms with van der Waals surface area (Å²) in [6.07, 6.45) is 3.31. The van der Waals surface area contributed by atoms with Crippen molar-refractivity contribution < 1.29 is 0 Å². The summed E-state index contributed by atoms with van der Waals surface area (Å²) in [6, 6.07) is 0. The van der Waals surface area contributed by atoms with E-state index in [1.54, 1.807) is 6.33 Å². The van der Waals surface area contributed by atoms with Gasteiger partial charge in [-0.25, -0.2) is 15.0 Å². The van der Waals surface area contributed by atoms with E-state index in [9.17, 15) is 0 Å². The van der Waals surface area contributed by atoms with Crippen LogP contribution >= 0.6 is 0 Å². The highest BCUT2D eigenvalue weighted by atomic mass is 15.1. The van der Waals surface area contributed by atoms with Gasteiger partial charge in [0.05, 0.1) is 12.0 Å². The third-order valence-electron chi connectivity index (χ3n) is 2.15. The molecule has 0 saturated carbocycles. The number of aromatic nitrogens is 4. The molecule has 4 nitrogen and oxygen atoms in total. The van der Waals surface area contributed by atoms with Crippen molar-refractivity contribution in [2.24, 2.45) is 0 Å². The molecule has 0 radical (unpaired) electrons. The van der Waals surface area contributed by atoms with E-state index in [1.165, 1.54) is 6.33 Å². The molecule has 0 bridgehead atoms. The quantitative estimate of drug-likeness (QED) is 0.722. The summed E-state index contributed by atoms with van der Waals surface area (Å²) in [6.45, 7) is 8.77. The first-order valence-electron chi connectivity index (χ1n) is 4.55. The molecule has 0 saturated heterocycles. The fraction of sp³-hybridized carbons (Fsp3) is 0.300. The maximum absolute atomic E-state index is 4.22. The number of fused-ring (bicyclic) bond motifs is 1. The zero-order chi connectivity index (χ0) is 10.1. The SMILES string of the molecule is C=C(C)c1ncnc2ncn(CC)c12. The van der Waals surface area contributed by atoms with Crippen LogP contribution in [0.1, 0.15) is 19.5 Å². The summed E-state index contributed by atoms with van der Waals surface area (Å²) >= 11 is 0. The Labute approximate surface area is 82.3 Å². The van der Waals surface area contributed by atoms with E-state index in [4.69, 9.17) is 0 Å². The molecule has 0 fully saturated rings. The van der Waals surface area contributed by atoms with Crippen LogP contribution in [0.3, 0.4) is 0 Å². The molecule has 0 aromatic carbocycles. The zero-order valence-corrected chi connectivity index (χ0v) is 8.36. The average Bonchev–Trinajstić information content (AvgIpc) is 2.59. The number of allylic oxidation sites excluding steroid dienone is 1. The summed E-state index contributed by atoms with van der Waals surface area (Å²) in [5, 5.41) is 0.